The summed E-state index contributed by atoms with van der Waals surface area (Å²) in [6.45, 7) is 2.20. The third-order valence-electron chi connectivity index (χ3n) is 3.56. The Morgan fingerprint density at radius 1 is 1.31 bits per heavy atom. The molecule has 1 saturated carbocycles. The second-order valence-corrected chi connectivity index (χ2v) is 8.42. The summed E-state index contributed by atoms with van der Waals surface area (Å²) in [6, 6.07) is 5.93. The first-order valence-electron chi connectivity index (χ1n) is 8.09. The van der Waals surface area contributed by atoms with Crippen LogP contribution in [0.25, 0.3) is 0 Å². The van der Waals surface area contributed by atoms with Crippen LogP contribution in [0, 0.1) is 5.82 Å². The molecule has 0 spiro atoms. The number of carbonyl (C=O) groups is 2. The van der Waals surface area contributed by atoms with E-state index in [9.17, 15) is 14.0 Å². The summed E-state index contributed by atoms with van der Waals surface area (Å²) >= 11 is 2.55. The van der Waals surface area contributed by atoms with E-state index < -0.39 is 11.3 Å². The average Bonchev–Trinajstić information content (AvgIpc) is 3.30. The fourth-order valence-electron chi connectivity index (χ4n) is 1.98. The van der Waals surface area contributed by atoms with E-state index in [1.807, 2.05) is 0 Å². The van der Waals surface area contributed by atoms with E-state index in [1.165, 1.54) is 35.2 Å². The van der Waals surface area contributed by atoms with Crippen LogP contribution in [-0.4, -0.2) is 33.4 Å². The van der Waals surface area contributed by atoms with Crippen LogP contribution in [0.15, 0.2) is 28.6 Å². The zero-order valence-electron chi connectivity index (χ0n) is 14.0. The SMILES string of the molecule is CC(Sc1nnc(NCc2ccc(F)cc2)s1)C(=O)NC(=O)NC1CC1. The standard InChI is InChI=1S/C16H18FN5O2S2/c1-9(13(23)20-14(24)19-12-6-7-12)25-16-22-21-15(26-16)18-8-10-2-4-11(17)5-3-10/h2-5,9,12H,6-8H2,1H3,(H,18,21)(H2,19,20,23,24). The molecular weight excluding hydrogens is 377 g/mol. The molecule has 1 aliphatic carbocycles. The quantitative estimate of drug-likeness (QED) is 0.624. The topological polar surface area (TPSA) is 96.0 Å². The highest BCUT2D eigenvalue weighted by atomic mass is 32.2. The lowest BCUT2D eigenvalue weighted by Crippen LogP contribution is -2.43. The third-order valence-corrected chi connectivity index (χ3v) is 5.62. The summed E-state index contributed by atoms with van der Waals surface area (Å²) in [7, 11) is 0. The van der Waals surface area contributed by atoms with Gasteiger partial charge < -0.3 is 10.6 Å². The monoisotopic (exact) mass is 395 g/mol. The highest BCUT2D eigenvalue weighted by Crippen LogP contribution is 2.29. The maximum atomic E-state index is 12.9. The van der Waals surface area contributed by atoms with E-state index in [1.54, 1.807) is 19.1 Å². The predicted molar refractivity (Wildman–Crippen MR) is 98.7 cm³/mol. The molecule has 138 valence electrons. The maximum Gasteiger partial charge on any atom is 0.321 e. The van der Waals surface area contributed by atoms with Crippen molar-refractivity contribution < 1.29 is 14.0 Å². The van der Waals surface area contributed by atoms with Crippen molar-refractivity contribution in [3.05, 3.63) is 35.6 Å². The van der Waals surface area contributed by atoms with Crippen molar-refractivity contribution in [1.29, 1.82) is 0 Å². The Morgan fingerprint density at radius 2 is 2.04 bits per heavy atom. The van der Waals surface area contributed by atoms with Crippen molar-refractivity contribution in [3.8, 4) is 0 Å². The van der Waals surface area contributed by atoms with E-state index in [0.29, 0.717) is 16.0 Å². The van der Waals surface area contributed by atoms with Crippen LogP contribution >= 0.6 is 23.1 Å². The molecule has 1 aliphatic rings. The number of rotatable bonds is 7. The number of thioether (sulfide) groups is 1. The molecule has 0 bridgehead atoms. The Bertz CT molecular complexity index is 779. The number of amides is 3. The van der Waals surface area contributed by atoms with Gasteiger partial charge >= 0.3 is 6.03 Å². The zero-order chi connectivity index (χ0) is 18.5. The van der Waals surface area contributed by atoms with Gasteiger partial charge in [0.15, 0.2) is 4.34 Å². The Balaban J connectivity index is 1.45. The first kappa shape index (κ1) is 18.6. The van der Waals surface area contributed by atoms with Crippen LogP contribution in [0.1, 0.15) is 25.3 Å². The maximum absolute atomic E-state index is 12.9. The number of hydrogen-bond donors (Lipinski definition) is 3. The van der Waals surface area contributed by atoms with Gasteiger partial charge in [0.1, 0.15) is 5.82 Å². The lowest BCUT2D eigenvalue weighted by atomic mass is 10.2. The molecule has 0 radical (unpaired) electrons. The number of benzene rings is 1. The molecule has 1 unspecified atom stereocenters. The van der Waals surface area contributed by atoms with Gasteiger partial charge in [-0.1, -0.05) is 35.2 Å². The Hall–Kier alpha value is -2.20. The number of hydrogen-bond acceptors (Lipinski definition) is 7. The minimum absolute atomic E-state index is 0.198. The van der Waals surface area contributed by atoms with Crippen LogP contribution in [0.2, 0.25) is 0 Å². The summed E-state index contributed by atoms with van der Waals surface area (Å²) in [6.07, 6.45) is 1.93. The Labute approximate surface area is 158 Å². The molecule has 7 nitrogen and oxygen atoms in total. The number of imide groups is 1. The number of anilines is 1. The number of urea groups is 1. The first-order valence-corrected chi connectivity index (χ1v) is 9.79. The van der Waals surface area contributed by atoms with Gasteiger partial charge in [0.05, 0.1) is 5.25 Å². The molecule has 1 aromatic heterocycles. The lowest BCUT2D eigenvalue weighted by molar-refractivity contribution is -0.119. The molecule has 1 aromatic carbocycles. The number of nitrogens with zero attached hydrogens (tertiary/aromatic N) is 2. The highest BCUT2D eigenvalue weighted by Gasteiger charge is 2.25. The molecular formula is C16H18FN5O2S2. The third kappa shape index (κ3) is 5.67. The lowest BCUT2D eigenvalue weighted by Gasteiger charge is -2.09. The van der Waals surface area contributed by atoms with E-state index in [0.717, 1.165) is 18.4 Å². The Kier molecular flexibility index (Phi) is 6.04. The fraction of sp³-hybridized carbons (Fsp3) is 0.375. The van der Waals surface area contributed by atoms with Gasteiger partial charge in [-0.2, -0.15) is 0 Å². The smallest absolute Gasteiger partial charge is 0.321 e. The number of nitrogens with one attached hydrogen (secondary N) is 3. The molecule has 26 heavy (non-hydrogen) atoms. The van der Waals surface area contributed by atoms with E-state index >= 15 is 0 Å². The summed E-state index contributed by atoms with van der Waals surface area (Å²) in [5, 5.41) is 16.3. The molecule has 0 saturated heterocycles. The normalized spacial score (nSPS) is 14.5. The number of halogens is 1. The second kappa shape index (κ2) is 8.45. The van der Waals surface area contributed by atoms with Crippen molar-refractivity contribution in [1.82, 2.24) is 20.8 Å². The van der Waals surface area contributed by atoms with E-state index in [2.05, 4.69) is 26.1 Å². The largest absolute Gasteiger partial charge is 0.356 e. The molecule has 10 heteroatoms. The minimum atomic E-state index is -0.474. The van der Waals surface area contributed by atoms with Gasteiger partial charge in [0.2, 0.25) is 11.0 Å². The number of aromatic nitrogens is 2. The van der Waals surface area contributed by atoms with Crippen LogP contribution < -0.4 is 16.0 Å². The van der Waals surface area contributed by atoms with Crippen LogP contribution in [0.3, 0.4) is 0 Å². The summed E-state index contributed by atoms with van der Waals surface area (Å²) in [4.78, 5) is 23.6. The average molecular weight is 395 g/mol. The molecule has 1 fully saturated rings. The molecule has 0 aliphatic heterocycles. The van der Waals surface area contributed by atoms with Crippen LogP contribution in [0.4, 0.5) is 14.3 Å². The van der Waals surface area contributed by atoms with Crippen molar-refractivity contribution in [2.45, 2.75) is 41.9 Å². The van der Waals surface area contributed by atoms with Crippen molar-refractivity contribution in [2.24, 2.45) is 0 Å². The molecule has 3 amide bonds. The van der Waals surface area contributed by atoms with Crippen molar-refractivity contribution >= 4 is 40.2 Å². The van der Waals surface area contributed by atoms with E-state index in [-0.39, 0.29) is 17.8 Å². The van der Waals surface area contributed by atoms with Crippen molar-refractivity contribution in [2.75, 3.05) is 5.32 Å². The van der Waals surface area contributed by atoms with Gasteiger partial charge in [-0.25, -0.2) is 9.18 Å². The second-order valence-electron chi connectivity index (χ2n) is 5.85. The number of carbonyl (C=O) groups excluding carboxylic acids is 2. The van der Waals surface area contributed by atoms with Gasteiger partial charge in [-0.05, 0) is 37.5 Å². The molecule has 3 N–H and O–H groups in total. The van der Waals surface area contributed by atoms with Crippen LogP contribution in [-0.2, 0) is 11.3 Å². The summed E-state index contributed by atoms with van der Waals surface area (Å²) in [5.74, 6) is -0.648. The van der Waals surface area contributed by atoms with E-state index in [4.69, 9.17) is 0 Å². The summed E-state index contributed by atoms with van der Waals surface area (Å²) in [5.41, 5.74) is 0.922. The summed E-state index contributed by atoms with van der Waals surface area (Å²) < 4.78 is 13.5. The van der Waals surface area contributed by atoms with Crippen LogP contribution in [0.5, 0.6) is 0 Å². The minimum Gasteiger partial charge on any atom is -0.356 e. The van der Waals surface area contributed by atoms with Gasteiger partial charge in [0.25, 0.3) is 0 Å². The van der Waals surface area contributed by atoms with Gasteiger partial charge in [-0.15, -0.1) is 10.2 Å². The molecule has 3 rings (SSSR count). The molecule has 2 aromatic rings. The first-order chi connectivity index (χ1) is 12.5. The fourth-order valence-corrected chi connectivity index (χ4v) is 3.87. The Morgan fingerprint density at radius 3 is 2.73 bits per heavy atom. The van der Waals surface area contributed by atoms with Crippen molar-refractivity contribution in [3.63, 3.8) is 0 Å². The predicted octanol–water partition coefficient (Wildman–Crippen LogP) is 2.76. The molecule has 1 atom stereocenters. The van der Waals surface area contributed by atoms with Gasteiger partial charge in [0, 0.05) is 12.6 Å². The molecule has 1 heterocycles. The van der Waals surface area contributed by atoms with Gasteiger partial charge in [-0.3, -0.25) is 10.1 Å². The zero-order valence-corrected chi connectivity index (χ0v) is 15.6. The highest BCUT2D eigenvalue weighted by molar-refractivity contribution is 8.02.